The molecule has 1 aliphatic heterocycles. The second-order valence-corrected chi connectivity index (χ2v) is 9.42. The van der Waals surface area contributed by atoms with Crippen LogP contribution < -0.4 is 14.8 Å². The molecule has 37 heavy (non-hydrogen) atoms. The van der Waals surface area contributed by atoms with E-state index in [2.05, 4.69) is 59.9 Å². The first-order valence-electron chi connectivity index (χ1n) is 12.5. The highest BCUT2D eigenvalue weighted by molar-refractivity contribution is 5.86. The van der Waals surface area contributed by atoms with Crippen molar-refractivity contribution in [2.45, 2.75) is 31.8 Å². The van der Waals surface area contributed by atoms with Crippen LogP contribution in [0.3, 0.4) is 0 Å². The molecule has 4 aromatic rings. The van der Waals surface area contributed by atoms with Crippen molar-refractivity contribution in [3.63, 3.8) is 0 Å². The minimum atomic E-state index is -0.982. The van der Waals surface area contributed by atoms with Gasteiger partial charge in [-0.05, 0) is 72.0 Å². The summed E-state index contributed by atoms with van der Waals surface area (Å²) in [5.74, 6) is 0.654. The van der Waals surface area contributed by atoms with Crippen molar-refractivity contribution in [1.82, 2.24) is 5.32 Å². The lowest BCUT2D eigenvalue weighted by Gasteiger charge is -2.33. The molecular formula is C31H32ClNO4. The zero-order valence-corrected chi connectivity index (χ0v) is 21.7. The molecule has 0 radical (unpaired) electrons. The SMILES string of the molecule is Cc1cc(OCC(=O)O)cc(C2CC(CNCCc3cccc4ccccc34)Oc3ccccc32)c1.Cl. The molecular weight excluding hydrogens is 486 g/mol. The van der Waals surface area contributed by atoms with Gasteiger partial charge in [-0.3, -0.25) is 0 Å². The summed E-state index contributed by atoms with van der Waals surface area (Å²) >= 11 is 0. The van der Waals surface area contributed by atoms with E-state index in [1.54, 1.807) is 0 Å². The lowest BCUT2D eigenvalue weighted by molar-refractivity contribution is -0.139. The van der Waals surface area contributed by atoms with E-state index in [1.165, 1.54) is 16.3 Å². The number of halogens is 1. The molecule has 192 valence electrons. The summed E-state index contributed by atoms with van der Waals surface area (Å²) in [7, 11) is 0. The molecule has 5 rings (SSSR count). The number of aliphatic carboxylic acids is 1. The maximum absolute atomic E-state index is 11.0. The predicted octanol–water partition coefficient (Wildman–Crippen LogP) is 6.15. The van der Waals surface area contributed by atoms with E-state index >= 15 is 0 Å². The van der Waals surface area contributed by atoms with Crippen LogP contribution in [0.1, 0.15) is 34.6 Å². The highest BCUT2D eigenvalue weighted by atomic mass is 35.5. The lowest BCUT2D eigenvalue weighted by atomic mass is 9.83. The largest absolute Gasteiger partial charge is 0.489 e. The molecule has 5 nitrogen and oxygen atoms in total. The van der Waals surface area contributed by atoms with E-state index in [4.69, 9.17) is 14.6 Å². The fourth-order valence-corrected chi connectivity index (χ4v) is 5.14. The van der Waals surface area contributed by atoms with Gasteiger partial charge in [-0.25, -0.2) is 4.79 Å². The Labute approximate surface area is 223 Å². The first-order valence-corrected chi connectivity index (χ1v) is 12.5. The van der Waals surface area contributed by atoms with Gasteiger partial charge in [0.2, 0.25) is 0 Å². The number of carboxylic acid groups (broad SMARTS) is 1. The molecule has 0 fully saturated rings. The van der Waals surface area contributed by atoms with Gasteiger partial charge in [0.15, 0.2) is 6.61 Å². The van der Waals surface area contributed by atoms with Crippen molar-refractivity contribution in [2.24, 2.45) is 0 Å². The third-order valence-electron chi connectivity index (χ3n) is 6.75. The van der Waals surface area contributed by atoms with E-state index in [1.807, 2.05) is 37.3 Å². The number of fused-ring (bicyclic) bond motifs is 2. The highest BCUT2D eigenvalue weighted by Gasteiger charge is 2.29. The number of aryl methyl sites for hydroxylation is 1. The van der Waals surface area contributed by atoms with Gasteiger partial charge >= 0.3 is 5.97 Å². The molecule has 1 heterocycles. The molecule has 6 heteroatoms. The van der Waals surface area contributed by atoms with Gasteiger partial charge in [-0.2, -0.15) is 0 Å². The summed E-state index contributed by atoms with van der Waals surface area (Å²) in [5.41, 5.74) is 4.66. The Balaban J connectivity index is 0.00000320. The number of rotatable bonds is 9. The summed E-state index contributed by atoms with van der Waals surface area (Å²) in [6, 6.07) is 29.2. The van der Waals surface area contributed by atoms with Gasteiger partial charge in [0.1, 0.15) is 17.6 Å². The average molecular weight is 518 g/mol. The topological polar surface area (TPSA) is 67.8 Å². The van der Waals surface area contributed by atoms with Crippen LogP contribution in [-0.4, -0.2) is 36.9 Å². The molecule has 2 N–H and O–H groups in total. The Kier molecular flexibility index (Phi) is 8.70. The molecule has 2 atom stereocenters. The van der Waals surface area contributed by atoms with Crippen molar-refractivity contribution >= 4 is 29.1 Å². The maximum atomic E-state index is 11.0. The molecule has 2 unspecified atom stereocenters. The summed E-state index contributed by atoms with van der Waals surface area (Å²) < 4.78 is 11.9. The Morgan fingerprint density at radius 2 is 1.81 bits per heavy atom. The molecule has 4 aromatic carbocycles. The molecule has 0 bridgehead atoms. The summed E-state index contributed by atoms with van der Waals surface area (Å²) in [6.45, 7) is 3.28. The van der Waals surface area contributed by atoms with E-state index < -0.39 is 5.97 Å². The third kappa shape index (κ3) is 6.43. The Bertz CT molecular complexity index is 1370. The van der Waals surface area contributed by atoms with Crippen LogP contribution in [0.15, 0.2) is 84.9 Å². The molecule has 0 spiro atoms. The van der Waals surface area contributed by atoms with Crippen LogP contribution >= 0.6 is 12.4 Å². The van der Waals surface area contributed by atoms with Crippen LogP contribution in [-0.2, 0) is 11.2 Å². The fraction of sp³-hybridized carbons (Fsp3) is 0.258. The first kappa shape index (κ1) is 26.5. The number of hydrogen-bond acceptors (Lipinski definition) is 4. The normalized spacial score (nSPS) is 16.4. The Hall–Kier alpha value is -3.54. The summed E-state index contributed by atoms with van der Waals surface area (Å²) in [4.78, 5) is 11.0. The zero-order chi connectivity index (χ0) is 24.9. The van der Waals surface area contributed by atoms with Gasteiger partial charge in [-0.15, -0.1) is 12.4 Å². The smallest absolute Gasteiger partial charge is 0.341 e. The molecule has 0 aliphatic carbocycles. The number of nitrogens with one attached hydrogen (secondary N) is 1. The second-order valence-electron chi connectivity index (χ2n) is 9.42. The van der Waals surface area contributed by atoms with E-state index in [9.17, 15) is 4.79 Å². The standard InChI is InChI=1S/C31H31NO4.ClH/c1-21-15-24(17-25(16-21)35-20-31(33)34)29-18-26(36-30-12-5-4-11-28(29)30)19-32-14-13-23-9-6-8-22-7-2-3-10-27(22)23;/h2-12,15-17,26,29,32H,13-14,18-20H2,1H3,(H,33,34);1H. The minimum Gasteiger partial charge on any atom is -0.489 e. The summed E-state index contributed by atoms with van der Waals surface area (Å²) in [5, 5.41) is 15.2. The predicted molar refractivity (Wildman–Crippen MR) is 149 cm³/mol. The Morgan fingerprint density at radius 1 is 1.03 bits per heavy atom. The number of ether oxygens (including phenoxy) is 2. The lowest BCUT2D eigenvalue weighted by Crippen LogP contribution is -2.36. The number of para-hydroxylation sites is 1. The fourth-order valence-electron chi connectivity index (χ4n) is 5.14. The first-order chi connectivity index (χ1) is 17.6. The van der Waals surface area contributed by atoms with Gasteiger partial charge in [0.05, 0.1) is 0 Å². The Morgan fingerprint density at radius 3 is 2.68 bits per heavy atom. The highest BCUT2D eigenvalue weighted by Crippen LogP contribution is 2.41. The van der Waals surface area contributed by atoms with Crippen molar-refractivity contribution < 1.29 is 19.4 Å². The zero-order valence-electron chi connectivity index (χ0n) is 20.9. The average Bonchev–Trinajstić information content (AvgIpc) is 2.89. The number of hydrogen-bond donors (Lipinski definition) is 2. The van der Waals surface area contributed by atoms with E-state index in [0.717, 1.165) is 48.4 Å². The van der Waals surface area contributed by atoms with Gasteiger partial charge < -0.3 is 19.9 Å². The van der Waals surface area contributed by atoms with Crippen molar-refractivity contribution in [1.29, 1.82) is 0 Å². The molecule has 0 amide bonds. The molecule has 0 aromatic heterocycles. The van der Waals surface area contributed by atoms with Gasteiger partial charge in [0.25, 0.3) is 0 Å². The van der Waals surface area contributed by atoms with Crippen molar-refractivity contribution in [3.8, 4) is 11.5 Å². The number of carbonyl (C=O) groups is 1. The number of benzene rings is 4. The van der Waals surface area contributed by atoms with E-state index in [-0.39, 0.29) is 31.0 Å². The molecule has 0 saturated heterocycles. The second kappa shape index (κ2) is 12.1. The molecule has 1 aliphatic rings. The van der Waals surface area contributed by atoms with Crippen molar-refractivity contribution in [2.75, 3.05) is 19.7 Å². The van der Waals surface area contributed by atoms with Crippen molar-refractivity contribution in [3.05, 3.63) is 107 Å². The van der Waals surface area contributed by atoms with E-state index in [0.29, 0.717) is 5.75 Å². The quantitative estimate of drug-likeness (QED) is 0.261. The van der Waals surface area contributed by atoms with Crippen LogP contribution in [0, 0.1) is 6.92 Å². The van der Waals surface area contributed by atoms with Crippen LogP contribution in [0.4, 0.5) is 0 Å². The minimum absolute atomic E-state index is 0. The van der Waals surface area contributed by atoms with Gasteiger partial charge in [-0.1, -0.05) is 66.7 Å². The monoisotopic (exact) mass is 517 g/mol. The van der Waals surface area contributed by atoms with Crippen LogP contribution in [0.2, 0.25) is 0 Å². The number of carboxylic acids is 1. The summed E-state index contributed by atoms with van der Waals surface area (Å²) in [6.07, 6.45) is 1.82. The van der Waals surface area contributed by atoms with Crippen LogP contribution in [0.5, 0.6) is 11.5 Å². The van der Waals surface area contributed by atoms with Gasteiger partial charge in [0, 0.05) is 18.0 Å². The maximum Gasteiger partial charge on any atom is 0.341 e. The third-order valence-corrected chi connectivity index (χ3v) is 6.75. The van der Waals surface area contributed by atoms with Crippen LogP contribution in [0.25, 0.3) is 10.8 Å². The molecule has 0 saturated carbocycles.